The Balaban J connectivity index is 1.65. The van der Waals surface area contributed by atoms with Gasteiger partial charge in [-0.1, -0.05) is 18.2 Å². The summed E-state index contributed by atoms with van der Waals surface area (Å²) in [4.78, 5) is 0. The fraction of sp³-hybridized carbons (Fsp3) is 0.435. The van der Waals surface area contributed by atoms with Crippen LogP contribution in [0.3, 0.4) is 0 Å². The highest BCUT2D eigenvalue weighted by Crippen LogP contribution is 2.61. The quantitative estimate of drug-likeness (QED) is 0.746. The zero-order valence-electron chi connectivity index (χ0n) is 15.3. The highest BCUT2D eigenvalue weighted by atomic mass is 15.3. The second-order valence-electron chi connectivity index (χ2n) is 8.69. The van der Waals surface area contributed by atoms with Gasteiger partial charge in [-0.05, 0) is 74.5 Å². The van der Waals surface area contributed by atoms with Crippen LogP contribution in [0.1, 0.15) is 49.8 Å². The van der Waals surface area contributed by atoms with E-state index in [1.165, 1.54) is 38.5 Å². The number of allylic oxidation sites excluding steroid dienone is 1. The highest BCUT2D eigenvalue weighted by molar-refractivity contribution is 5.64. The van der Waals surface area contributed by atoms with Gasteiger partial charge in [0, 0.05) is 17.2 Å². The third kappa shape index (κ3) is 2.68. The zero-order chi connectivity index (χ0) is 18.4. The van der Waals surface area contributed by atoms with Crippen molar-refractivity contribution in [2.45, 2.75) is 43.9 Å². The monoisotopic (exact) mass is 354 g/mol. The van der Waals surface area contributed by atoms with Crippen molar-refractivity contribution in [3.63, 3.8) is 0 Å². The normalized spacial score (nSPS) is 30.5. The molecular weight excluding hydrogens is 332 g/mol. The summed E-state index contributed by atoms with van der Waals surface area (Å²) < 4.78 is 1.92. The maximum Gasteiger partial charge on any atom is 0.130 e. The van der Waals surface area contributed by atoms with Crippen molar-refractivity contribution in [1.29, 1.82) is 10.5 Å². The van der Waals surface area contributed by atoms with Crippen LogP contribution in [-0.4, -0.2) is 9.78 Å². The van der Waals surface area contributed by atoms with E-state index in [2.05, 4.69) is 0 Å². The number of benzene rings is 1. The molecule has 4 heteroatoms. The molecule has 0 saturated heterocycles. The molecule has 27 heavy (non-hydrogen) atoms. The molecule has 0 unspecified atom stereocenters. The molecule has 1 aromatic heterocycles. The van der Waals surface area contributed by atoms with E-state index in [0.29, 0.717) is 0 Å². The summed E-state index contributed by atoms with van der Waals surface area (Å²) in [6.45, 7) is 0. The molecule has 6 rings (SSSR count). The number of para-hydroxylation sites is 1. The lowest BCUT2D eigenvalue weighted by Gasteiger charge is -2.56. The Morgan fingerprint density at radius 3 is 2.15 bits per heavy atom. The summed E-state index contributed by atoms with van der Waals surface area (Å²) in [5.74, 6) is 2.46. The number of hydrogen-bond donors (Lipinski definition) is 0. The van der Waals surface area contributed by atoms with E-state index >= 15 is 0 Å². The Labute approximate surface area is 159 Å². The van der Waals surface area contributed by atoms with Gasteiger partial charge >= 0.3 is 0 Å². The minimum atomic E-state index is 0.122. The molecule has 4 saturated carbocycles. The van der Waals surface area contributed by atoms with Gasteiger partial charge in [-0.2, -0.15) is 15.6 Å². The maximum atomic E-state index is 9.27. The minimum absolute atomic E-state index is 0.122. The summed E-state index contributed by atoms with van der Waals surface area (Å²) in [6, 6.07) is 14.1. The largest absolute Gasteiger partial charge is 0.240 e. The molecule has 1 aromatic carbocycles. The maximum absolute atomic E-state index is 9.27. The summed E-state index contributed by atoms with van der Waals surface area (Å²) >= 11 is 0. The molecule has 0 atom stereocenters. The molecular formula is C23H22N4. The van der Waals surface area contributed by atoms with Gasteiger partial charge in [0.25, 0.3) is 0 Å². The lowest BCUT2D eigenvalue weighted by atomic mass is 9.48. The Kier molecular flexibility index (Phi) is 3.69. The van der Waals surface area contributed by atoms with Gasteiger partial charge in [-0.3, -0.25) is 0 Å². The number of hydrogen-bond acceptors (Lipinski definition) is 3. The number of aromatic nitrogens is 2. The Morgan fingerprint density at radius 2 is 1.59 bits per heavy atom. The molecule has 0 spiro atoms. The molecule has 0 radical (unpaired) electrons. The first-order valence-corrected chi connectivity index (χ1v) is 9.86. The Hall–Kier alpha value is -2.85. The van der Waals surface area contributed by atoms with Crippen molar-refractivity contribution < 1.29 is 0 Å². The van der Waals surface area contributed by atoms with Crippen LogP contribution in [-0.2, 0) is 5.41 Å². The van der Waals surface area contributed by atoms with Gasteiger partial charge in [0.1, 0.15) is 17.7 Å². The van der Waals surface area contributed by atoms with Gasteiger partial charge in [-0.25, -0.2) is 4.68 Å². The molecule has 1 heterocycles. The lowest BCUT2D eigenvalue weighted by molar-refractivity contribution is -0.00743. The molecule has 4 nitrogen and oxygen atoms in total. The van der Waals surface area contributed by atoms with Crippen LogP contribution in [0, 0.1) is 40.4 Å². The van der Waals surface area contributed by atoms with E-state index in [1.54, 1.807) is 6.08 Å². The average Bonchev–Trinajstić information content (AvgIpc) is 3.10. The van der Waals surface area contributed by atoms with E-state index in [4.69, 9.17) is 5.10 Å². The topological polar surface area (TPSA) is 65.4 Å². The van der Waals surface area contributed by atoms with Crippen LogP contribution < -0.4 is 0 Å². The second-order valence-corrected chi connectivity index (χ2v) is 8.69. The van der Waals surface area contributed by atoms with Crippen LogP contribution >= 0.6 is 0 Å². The molecule has 0 aliphatic heterocycles. The summed E-state index contributed by atoms with van der Waals surface area (Å²) in [5, 5.41) is 23.6. The Morgan fingerprint density at radius 1 is 1.00 bits per heavy atom. The van der Waals surface area contributed by atoms with Crippen LogP contribution in [0.15, 0.2) is 42.1 Å². The van der Waals surface area contributed by atoms with E-state index in [-0.39, 0.29) is 11.0 Å². The molecule has 134 valence electrons. The van der Waals surface area contributed by atoms with Gasteiger partial charge < -0.3 is 0 Å². The number of nitriles is 2. The summed E-state index contributed by atoms with van der Waals surface area (Å²) in [7, 11) is 0. The van der Waals surface area contributed by atoms with Crippen molar-refractivity contribution >= 4 is 6.08 Å². The number of nitrogens with zero attached hydrogens (tertiary/aromatic N) is 4. The SMILES string of the molecule is N#CC(C#N)=Cc1cn(-c2ccccc2)nc1C12CC3CC(CC(C3)C1)C2. The van der Waals surface area contributed by atoms with Crippen LogP contribution in [0.4, 0.5) is 0 Å². The third-order valence-corrected chi connectivity index (χ3v) is 6.84. The average molecular weight is 354 g/mol. The zero-order valence-corrected chi connectivity index (χ0v) is 15.3. The van der Waals surface area contributed by atoms with E-state index < -0.39 is 0 Å². The summed E-state index contributed by atoms with van der Waals surface area (Å²) in [5.41, 5.74) is 3.33. The number of rotatable bonds is 3. The highest BCUT2D eigenvalue weighted by Gasteiger charge is 2.53. The molecule has 4 fully saturated rings. The van der Waals surface area contributed by atoms with Crippen molar-refractivity contribution in [2.75, 3.05) is 0 Å². The van der Waals surface area contributed by atoms with E-state index in [0.717, 1.165) is 34.7 Å². The first kappa shape index (κ1) is 16.3. The predicted molar refractivity (Wildman–Crippen MR) is 103 cm³/mol. The van der Waals surface area contributed by atoms with E-state index in [1.807, 2.05) is 53.3 Å². The van der Waals surface area contributed by atoms with Crippen LogP contribution in [0.2, 0.25) is 0 Å². The van der Waals surface area contributed by atoms with Crippen molar-refractivity contribution in [1.82, 2.24) is 9.78 Å². The van der Waals surface area contributed by atoms with Crippen molar-refractivity contribution in [2.24, 2.45) is 17.8 Å². The standard InChI is InChI=1S/C23H22N4/c24-13-19(14-25)9-20-15-27(21-4-2-1-3-5-21)26-22(20)23-10-16-6-17(11-23)8-18(7-16)12-23/h1-5,9,15-18H,6-8,10-12H2. The van der Waals surface area contributed by atoms with Gasteiger partial charge in [0.2, 0.25) is 0 Å². The van der Waals surface area contributed by atoms with Crippen LogP contribution in [0.5, 0.6) is 0 Å². The Bertz CT molecular complexity index is 932. The smallest absolute Gasteiger partial charge is 0.130 e. The van der Waals surface area contributed by atoms with Crippen LogP contribution in [0.25, 0.3) is 11.8 Å². The molecule has 4 aliphatic rings. The molecule has 2 aromatic rings. The van der Waals surface area contributed by atoms with Gasteiger partial charge in [0.15, 0.2) is 0 Å². The first-order valence-electron chi connectivity index (χ1n) is 9.86. The molecule has 4 aliphatic carbocycles. The predicted octanol–water partition coefficient (Wildman–Crippen LogP) is 4.77. The summed E-state index contributed by atoms with van der Waals surface area (Å²) in [6.07, 6.45) is 11.5. The van der Waals surface area contributed by atoms with E-state index in [9.17, 15) is 10.5 Å². The molecule has 4 bridgehead atoms. The third-order valence-electron chi connectivity index (χ3n) is 6.84. The van der Waals surface area contributed by atoms with Gasteiger partial charge in [-0.15, -0.1) is 0 Å². The fourth-order valence-electron chi connectivity index (χ4n) is 6.26. The molecule has 0 N–H and O–H groups in total. The van der Waals surface area contributed by atoms with Gasteiger partial charge in [0.05, 0.1) is 11.4 Å². The minimum Gasteiger partial charge on any atom is -0.240 e. The lowest BCUT2D eigenvalue weighted by Crippen LogP contribution is -2.49. The van der Waals surface area contributed by atoms with Crippen molar-refractivity contribution in [3.05, 3.63) is 53.4 Å². The second kappa shape index (κ2) is 6.10. The molecule has 0 amide bonds. The first-order chi connectivity index (χ1) is 13.2. The fourth-order valence-corrected chi connectivity index (χ4v) is 6.26. The van der Waals surface area contributed by atoms with Crippen molar-refractivity contribution in [3.8, 4) is 17.8 Å².